The minimum atomic E-state index is 0.124. The normalized spacial score (nSPS) is 16.3. The van der Waals surface area contributed by atoms with Crippen LogP contribution in [0.5, 0.6) is 0 Å². The first-order valence-corrected chi connectivity index (χ1v) is 10.3. The molecule has 0 saturated carbocycles. The molecule has 0 amide bonds. The number of thioether (sulfide) groups is 1. The van der Waals surface area contributed by atoms with Gasteiger partial charge in [-0.1, -0.05) is 72.4 Å². The van der Waals surface area contributed by atoms with Gasteiger partial charge in [0.15, 0.2) is 5.78 Å². The molecule has 5 rings (SSSR count). The highest BCUT2D eigenvalue weighted by atomic mass is 32.2. The average molecular weight is 386 g/mol. The van der Waals surface area contributed by atoms with E-state index in [1.807, 2.05) is 36.4 Å². The smallest absolute Gasteiger partial charge is 0.253 e. The van der Waals surface area contributed by atoms with Crippen molar-refractivity contribution in [3.8, 4) is 0 Å². The van der Waals surface area contributed by atoms with Crippen LogP contribution < -0.4 is 0 Å². The van der Waals surface area contributed by atoms with E-state index in [9.17, 15) is 4.79 Å². The Morgan fingerprint density at radius 1 is 1.00 bits per heavy atom. The van der Waals surface area contributed by atoms with Gasteiger partial charge in [-0.15, -0.1) is 5.10 Å². The molecule has 1 unspecified atom stereocenters. The number of aromatic nitrogens is 4. The van der Waals surface area contributed by atoms with Crippen molar-refractivity contribution >= 4 is 23.3 Å². The van der Waals surface area contributed by atoms with Crippen LogP contribution in [0.2, 0.25) is 0 Å². The van der Waals surface area contributed by atoms with Gasteiger partial charge in [0.25, 0.3) is 5.78 Å². The molecule has 5 nitrogen and oxygen atoms in total. The molecule has 4 aromatic rings. The first kappa shape index (κ1) is 17.1. The second kappa shape index (κ2) is 7.20. The summed E-state index contributed by atoms with van der Waals surface area (Å²) in [4.78, 5) is 21.6. The Morgan fingerprint density at radius 2 is 1.75 bits per heavy atom. The molecule has 1 atom stereocenters. The first-order chi connectivity index (χ1) is 13.8. The topological polar surface area (TPSA) is 60.2 Å². The van der Waals surface area contributed by atoms with Crippen molar-refractivity contribution in [2.24, 2.45) is 0 Å². The molecule has 28 heavy (non-hydrogen) atoms. The van der Waals surface area contributed by atoms with E-state index >= 15 is 0 Å². The van der Waals surface area contributed by atoms with Gasteiger partial charge in [-0.05, 0) is 23.5 Å². The largest absolute Gasteiger partial charge is 0.294 e. The van der Waals surface area contributed by atoms with Crippen molar-refractivity contribution in [3.63, 3.8) is 0 Å². The number of Topliss-reactive ketones (excluding diaryl/α,β-unsaturated/α-hetero) is 1. The average Bonchev–Trinajstić information content (AvgIpc) is 3.17. The summed E-state index contributed by atoms with van der Waals surface area (Å²) in [5, 5.41) is 5.34. The molecule has 0 radical (unpaired) electrons. The Morgan fingerprint density at radius 3 is 2.54 bits per heavy atom. The second-order valence-electron chi connectivity index (χ2n) is 6.94. The van der Waals surface area contributed by atoms with Gasteiger partial charge in [0, 0.05) is 18.4 Å². The highest BCUT2D eigenvalue weighted by molar-refractivity contribution is 7.98. The van der Waals surface area contributed by atoms with Gasteiger partial charge in [0.2, 0.25) is 5.16 Å². The highest BCUT2D eigenvalue weighted by Crippen LogP contribution is 2.32. The van der Waals surface area contributed by atoms with Crippen LogP contribution in [-0.4, -0.2) is 25.4 Å². The lowest BCUT2D eigenvalue weighted by atomic mass is 9.82. The number of carbonyl (C=O) groups excluding carboxylic acids is 1. The maximum Gasteiger partial charge on any atom is 0.253 e. The van der Waals surface area contributed by atoms with Crippen LogP contribution in [0.1, 0.15) is 39.5 Å². The molecular weight excluding hydrogens is 368 g/mol. The molecule has 1 aliphatic rings. The number of hydrogen-bond acceptors (Lipinski definition) is 5. The van der Waals surface area contributed by atoms with E-state index in [2.05, 4.69) is 39.3 Å². The summed E-state index contributed by atoms with van der Waals surface area (Å²) in [7, 11) is 0. The van der Waals surface area contributed by atoms with E-state index in [0.717, 1.165) is 17.9 Å². The molecule has 2 heterocycles. The third-order valence-electron chi connectivity index (χ3n) is 5.10. The van der Waals surface area contributed by atoms with E-state index in [4.69, 9.17) is 0 Å². The number of ketones is 1. The lowest BCUT2D eigenvalue weighted by Crippen LogP contribution is -2.22. The zero-order valence-corrected chi connectivity index (χ0v) is 16.0. The third-order valence-corrected chi connectivity index (χ3v) is 6.01. The number of carbonyl (C=O) groups is 1. The molecule has 0 bridgehead atoms. The van der Waals surface area contributed by atoms with Gasteiger partial charge in [0.05, 0.1) is 11.3 Å². The molecule has 0 aliphatic heterocycles. The maximum absolute atomic E-state index is 12.7. The quantitative estimate of drug-likeness (QED) is 0.489. The maximum atomic E-state index is 12.7. The predicted octanol–water partition coefficient (Wildman–Crippen LogP) is 4.33. The number of rotatable bonds is 4. The van der Waals surface area contributed by atoms with Crippen LogP contribution in [0.4, 0.5) is 0 Å². The fourth-order valence-electron chi connectivity index (χ4n) is 3.67. The highest BCUT2D eigenvalue weighted by Gasteiger charge is 2.29. The molecule has 0 fully saturated rings. The summed E-state index contributed by atoms with van der Waals surface area (Å²) < 4.78 is 1.76. The van der Waals surface area contributed by atoms with Crippen LogP contribution >= 0.6 is 11.8 Å². The van der Waals surface area contributed by atoms with Gasteiger partial charge in [-0.25, -0.2) is 4.98 Å². The SMILES string of the molecule is O=C1CC(c2ccccc2)Cc2c1cnc1nc(SCc3ccccc3)nn21. The summed E-state index contributed by atoms with van der Waals surface area (Å²) in [5.74, 6) is 1.64. The number of benzene rings is 2. The minimum absolute atomic E-state index is 0.124. The van der Waals surface area contributed by atoms with Crippen molar-refractivity contribution in [1.29, 1.82) is 0 Å². The van der Waals surface area contributed by atoms with Gasteiger partial charge in [-0.2, -0.15) is 9.50 Å². The second-order valence-corrected chi connectivity index (χ2v) is 7.88. The van der Waals surface area contributed by atoms with Gasteiger partial charge >= 0.3 is 0 Å². The van der Waals surface area contributed by atoms with E-state index < -0.39 is 0 Å². The molecule has 1 aliphatic carbocycles. The van der Waals surface area contributed by atoms with Crippen LogP contribution in [0.15, 0.2) is 72.0 Å². The van der Waals surface area contributed by atoms with Crippen molar-refractivity contribution in [2.45, 2.75) is 29.7 Å². The Hall–Kier alpha value is -2.99. The predicted molar refractivity (Wildman–Crippen MR) is 109 cm³/mol. The molecule has 0 spiro atoms. The first-order valence-electron chi connectivity index (χ1n) is 9.27. The molecule has 2 aromatic heterocycles. The Labute approximate surface area is 166 Å². The molecule has 0 saturated heterocycles. The lowest BCUT2D eigenvalue weighted by Gasteiger charge is -2.23. The summed E-state index contributed by atoms with van der Waals surface area (Å²) in [5.41, 5.74) is 3.99. The van der Waals surface area contributed by atoms with Crippen LogP contribution in [0, 0.1) is 0 Å². The Kier molecular flexibility index (Phi) is 4.41. The Balaban J connectivity index is 1.47. The summed E-state index contributed by atoms with van der Waals surface area (Å²) in [6, 6.07) is 20.5. The standard InChI is InChI=1S/C22H18N4OS/c27-20-12-17(16-9-5-2-6-10-16)11-19-18(20)13-23-21-24-22(25-26(19)21)28-14-15-7-3-1-4-8-15/h1-10,13,17H,11-12,14H2. The van der Waals surface area contributed by atoms with Crippen molar-refractivity contribution in [1.82, 2.24) is 19.6 Å². The number of hydrogen-bond donors (Lipinski definition) is 0. The van der Waals surface area contributed by atoms with Gasteiger partial charge < -0.3 is 0 Å². The van der Waals surface area contributed by atoms with E-state index in [0.29, 0.717) is 22.9 Å². The zero-order chi connectivity index (χ0) is 18.9. The van der Waals surface area contributed by atoms with Crippen LogP contribution in [0.3, 0.4) is 0 Å². The minimum Gasteiger partial charge on any atom is -0.294 e. The Bertz CT molecular complexity index is 1140. The molecular formula is C22H18N4OS. The third kappa shape index (κ3) is 3.20. The van der Waals surface area contributed by atoms with Gasteiger partial charge in [0.1, 0.15) is 0 Å². The fraction of sp³-hybridized carbons (Fsp3) is 0.182. The monoisotopic (exact) mass is 386 g/mol. The van der Waals surface area contributed by atoms with E-state index in [-0.39, 0.29) is 11.7 Å². The van der Waals surface area contributed by atoms with Crippen molar-refractivity contribution < 1.29 is 4.79 Å². The number of nitrogens with zero attached hydrogens (tertiary/aromatic N) is 4. The molecule has 138 valence electrons. The summed E-state index contributed by atoms with van der Waals surface area (Å²) >= 11 is 1.58. The van der Waals surface area contributed by atoms with Crippen LogP contribution in [0.25, 0.3) is 5.78 Å². The fourth-order valence-corrected chi connectivity index (χ4v) is 4.45. The number of fused-ring (bicyclic) bond motifs is 3. The lowest BCUT2D eigenvalue weighted by molar-refractivity contribution is 0.0962. The van der Waals surface area contributed by atoms with Gasteiger partial charge in [-0.3, -0.25) is 4.79 Å². The van der Waals surface area contributed by atoms with E-state index in [1.54, 1.807) is 22.5 Å². The van der Waals surface area contributed by atoms with Crippen molar-refractivity contribution in [3.05, 3.63) is 89.2 Å². The zero-order valence-electron chi connectivity index (χ0n) is 15.2. The molecule has 0 N–H and O–H groups in total. The van der Waals surface area contributed by atoms with Crippen LogP contribution in [-0.2, 0) is 12.2 Å². The van der Waals surface area contributed by atoms with E-state index in [1.165, 1.54) is 11.1 Å². The molecule has 6 heteroatoms. The van der Waals surface area contributed by atoms with Crippen molar-refractivity contribution in [2.75, 3.05) is 0 Å². The summed E-state index contributed by atoms with van der Waals surface area (Å²) in [6.07, 6.45) is 2.93. The summed E-state index contributed by atoms with van der Waals surface area (Å²) in [6.45, 7) is 0. The molecule has 2 aromatic carbocycles.